The third-order valence-electron chi connectivity index (χ3n) is 9.85. The Balaban J connectivity index is 0. The van der Waals surface area contributed by atoms with Gasteiger partial charge in [-0.3, -0.25) is 0 Å². The summed E-state index contributed by atoms with van der Waals surface area (Å²) in [6.45, 7) is 6.94. The van der Waals surface area contributed by atoms with Crippen molar-refractivity contribution in [2.24, 2.45) is 0 Å². The molecule has 3 aromatic carbocycles. The predicted molar refractivity (Wildman–Crippen MR) is 217 cm³/mol. The molecule has 0 spiro atoms. The number of aryl methyl sites for hydroxylation is 3. The fourth-order valence-electron chi connectivity index (χ4n) is 7.03. The first-order valence-electron chi connectivity index (χ1n) is 20.4. The van der Waals surface area contributed by atoms with Crippen molar-refractivity contribution in [1.29, 1.82) is 0 Å². The van der Waals surface area contributed by atoms with Gasteiger partial charge in [0, 0.05) is 0 Å². The minimum atomic E-state index is -3.37. The van der Waals surface area contributed by atoms with Crippen LogP contribution in [0.5, 0.6) is 0 Å². The maximum Gasteiger partial charge on any atom is 1.00 e. The van der Waals surface area contributed by atoms with Crippen LogP contribution in [0.3, 0.4) is 0 Å². The summed E-state index contributed by atoms with van der Waals surface area (Å²) >= 11 is 0. The third-order valence-corrected chi connectivity index (χ3v) is 12.6. The molecule has 0 atom stereocenters. The number of rotatable bonds is 27. The van der Waals surface area contributed by atoms with Crippen molar-refractivity contribution < 1.29 is 103 Å². The molecule has 0 saturated heterocycles. The van der Waals surface area contributed by atoms with E-state index in [2.05, 4.69) is 93.6 Å². The largest absolute Gasteiger partial charge is 1.00 e. The summed E-state index contributed by atoms with van der Waals surface area (Å²) in [5.41, 5.74) is 4.79. The SMILES string of the molecule is CCCCCCCCCc1ccccc1P(c1ccccc1CCCCCCCCC)c1ccccc1CCCCCCCCC.[Na+].[Na+].[Na+].[O-]P([O-])[O-]. The molecule has 3 rings (SSSR count). The minimum Gasteiger partial charge on any atom is -0.854 e. The molecule has 0 N–H and O–H groups in total. The Morgan fingerprint density at radius 3 is 0.792 bits per heavy atom. The first kappa shape index (κ1) is 56.5. The summed E-state index contributed by atoms with van der Waals surface area (Å²) in [6.07, 6.45) is 32.4. The van der Waals surface area contributed by atoms with Crippen molar-refractivity contribution in [3.63, 3.8) is 0 Å². The van der Waals surface area contributed by atoms with Crippen LogP contribution >= 0.6 is 16.5 Å². The first-order valence-corrected chi connectivity index (χ1v) is 22.8. The molecular formula is C45H69Na3O3P2. The van der Waals surface area contributed by atoms with E-state index in [1.165, 1.54) is 154 Å². The Morgan fingerprint density at radius 1 is 0.340 bits per heavy atom. The van der Waals surface area contributed by atoms with Crippen LogP contribution in [0.25, 0.3) is 0 Å². The summed E-state index contributed by atoms with van der Waals surface area (Å²) in [4.78, 5) is 25.4. The molecule has 0 aliphatic heterocycles. The third kappa shape index (κ3) is 26.2. The topological polar surface area (TPSA) is 69.2 Å². The maximum absolute atomic E-state index is 8.48. The minimum absolute atomic E-state index is 0. The summed E-state index contributed by atoms with van der Waals surface area (Å²) in [5.74, 6) is 0. The van der Waals surface area contributed by atoms with Gasteiger partial charge in [-0.2, -0.15) is 0 Å². The Labute approximate surface area is 395 Å². The van der Waals surface area contributed by atoms with Gasteiger partial charge in [-0.25, -0.2) is 0 Å². The van der Waals surface area contributed by atoms with Gasteiger partial charge in [0.2, 0.25) is 0 Å². The van der Waals surface area contributed by atoms with E-state index in [9.17, 15) is 0 Å². The van der Waals surface area contributed by atoms with Crippen molar-refractivity contribution in [3.05, 3.63) is 89.5 Å². The van der Waals surface area contributed by atoms with E-state index in [4.69, 9.17) is 14.7 Å². The smallest absolute Gasteiger partial charge is 0.854 e. The van der Waals surface area contributed by atoms with E-state index in [-0.39, 0.29) is 88.7 Å². The van der Waals surface area contributed by atoms with Gasteiger partial charge >= 0.3 is 88.7 Å². The first-order chi connectivity index (χ1) is 24.5. The van der Waals surface area contributed by atoms with Crippen molar-refractivity contribution in [2.45, 2.75) is 175 Å². The zero-order valence-corrected chi connectivity index (χ0v) is 42.8. The monoisotopic (exact) mass is 788 g/mol. The Morgan fingerprint density at radius 2 is 0.547 bits per heavy atom. The molecule has 8 heteroatoms. The predicted octanol–water partition coefficient (Wildman–Crippen LogP) is 1.63. The Kier molecular flexibility index (Phi) is 41.5. The maximum atomic E-state index is 8.48. The molecular weight excluding hydrogens is 719 g/mol. The number of unbranched alkanes of at least 4 members (excludes halogenated alkanes) is 18. The molecule has 0 radical (unpaired) electrons. The number of hydrogen-bond donors (Lipinski definition) is 0. The van der Waals surface area contributed by atoms with Gasteiger partial charge in [0.15, 0.2) is 0 Å². The molecule has 0 unspecified atom stereocenters. The van der Waals surface area contributed by atoms with Crippen LogP contribution in [0.1, 0.15) is 172 Å². The van der Waals surface area contributed by atoms with Gasteiger partial charge in [0.1, 0.15) is 0 Å². The number of hydrogen-bond acceptors (Lipinski definition) is 3. The van der Waals surface area contributed by atoms with Crippen molar-refractivity contribution in [2.75, 3.05) is 0 Å². The fourth-order valence-corrected chi connectivity index (χ4v) is 9.93. The fraction of sp³-hybridized carbons (Fsp3) is 0.600. The molecule has 0 amide bonds. The van der Waals surface area contributed by atoms with Crippen LogP contribution in [0.4, 0.5) is 0 Å². The van der Waals surface area contributed by atoms with Crippen LogP contribution < -0.4 is 119 Å². The van der Waals surface area contributed by atoms with Gasteiger partial charge in [0.05, 0.1) is 0 Å². The van der Waals surface area contributed by atoms with Gasteiger partial charge < -0.3 is 23.3 Å². The Hall–Kier alpha value is 1.40. The molecule has 3 aromatic rings. The quantitative estimate of drug-likeness (QED) is 0.0671. The second-order valence-corrected chi connectivity index (χ2v) is 16.6. The molecule has 280 valence electrons. The summed E-state index contributed by atoms with van der Waals surface area (Å²) in [7, 11) is -3.98. The number of benzene rings is 3. The van der Waals surface area contributed by atoms with E-state index in [1.807, 2.05) is 0 Å². The van der Waals surface area contributed by atoms with Crippen molar-refractivity contribution in [1.82, 2.24) is 0 Å². The summed E-state index contributed by atoms with van der Waals surface area (Å²) < 4.78 is 0. The molecule has 53 heavy (non-hydrogen) atoms. The van der Waals surface area contributed by atoms with Crippen molar-refractivity contribution in [3.8, 4) is 0 Å². The van der Waals surface area contributed by atoms with Gasteiger partial charge in [-0.05, 0) is 79.1 Å². The Bertz CT molecular complexity index is 1100. The van der Waals surface area contributed by atoms with Gasteiger partial charge in [-0.1, -0.05) is 209 Å². The molecule has 0 aliphatic rings. The molecule has 0 saturated carbocycles. The molecule has 0 fully saturated rings. The summed E-state index contributed by atoms with van der Waals surface area (Å²) in [6, 6.07) is 28.7. The molecule has 0 bridgehead atoms. The normalized spacial score (nSPS) is 10.6. The van der Waals surface area contributed by atoms with E-state index >= 15 is 0 Å². The van der Waals surface area contributed by atoms with Crippen LogP contribution in [-0.4, -0.2) is 0 Å². The van der Waals surface area contributed by atoms with E-state index in [0.29, 0.717) is 0 Å². The zero-order valence-electron chi connectivity index (χ0n) is 35.0. The molecule has 0 aromatic heterocycles. The van der Waals surface area contributed by atoms with Crippen LogP contribution in [0.15, 0.2) is 72.8 Å². The second-order valence-electron chi connectivity index (χ2n) is 14.1. The van der Waals surface area contributed by atoms with Crippen LogP contribution in [0.2, 0.25) is 0 Å². The van der Waals surface area contributed by atoms with Crippen LogP contribution in [0, 0.1) is 0 Å². The average molecular weight is 789 g/mol. The second kappa shape index (κ2) is 38.9. The molecule has 0 aliphatic carbocycles. The summed E-state index contributed by atoms with van der Waals surface area (Å²) in [5, 5.41) is 4.84. The van der Waals surface area contributed by atoms with Gasteiger partial charge in [0.25, 0.3) is 0 Å². The van der Waals surface area contributed by atoms with Gasteiger partial charge in [-0.15, -0.1) is 0 Å². The van der Waals surface area contributed by atoms with E-state index in [0.717, 1.165) is 0 Å². The van der Waals surface area contributed by atoms with Crippen LogP contribution in [-0.2, 0) is 19.3 Å². The average Bonchev–Trinajstić information content (AvgIpc) is 3.12. The van der Waals surface area contributed by atoms with E-state index in [1.54, 1.807) is 32.6 Å². The molecule has 0 heterocycles. The van der Waals surface area contributed by atoms with E-state index < -0.39 is 16.5 Å². The zero-order chi connectivity index (χ0) is 36.1. The molecule has 3 nitrogen and oxygen atoms in total. The standard InChI is InChI=1S/C45H69P.3Na.O3P/c1-4-7-10-13-16-19-22-31-40-34-25-28-37-43(40)46(44-38-29-26-35-41(44)32-23-20-17-14-11-8-5-2)45-39-30-27-36-42(45)33-24-21-18-15-12-9-6-3;;;;1-4(2)3/h25-30,34-39H,4-24,31-33H2,1-3H3;;;;/q;3*+1;-3. The van der Waals surface area contributed by atoms with Crippen molar-refractivity contribution >= 4 is 32.4 Å².